The summed E-state index contributed by atoms with van der Waals surface area (Å²) < 4.78 is 5.77. The summed E-state index contributed by atoms with van der Waals surface area (Å²) >= 11 is 0. The van der Waals surface area contributed by atoms with Crippen molar-refractivity contribution in [3.8, 4) is 0 Å². The Bertz CT molecular complexity index is 414. The lowest BCUT2D eigenvalue weighted by molar-refractivity contribution is -0.121. The number of carbonyl (C=O) groups is 2. The number of aromatic nitrogens is 3. The number of ether oxygens (including phenoxy) is 1. The van der Waals surface area contributed by atoms with Crippen LogP contribution >= 0.6 is 0 Å². The monoisotopic (exact) mass is 254 g/mol. The second-order valence-corrected chi connectivity index (χ2v) is 4.29. The molecule has 1 rings (SSSR count). The van der Waals surface area contributed by atoms with Crippen molar-refractivity contribution in [2.24, 2.45) is 5.92 Å². The topological polar surface area (TPSA) is 86.1 Å². The number of rotatable bonds is 6. The van der Waals surface area contributed by atoms with E-state index < -0.39 is 5.97 Å². The molecule has 1 aromatic heterocycles. The van der Waals surface area contributed by atoms with E-state index in [1.54, 1.807) is 0 Å². The minimum atomic E-state index is -0.617. The minimum absolute atomic E-state index is 0.0437. The summed E-state index contributed by atoms with van der Waals surface area (Å²) in [6.07, 6.45) is 2.25. The van der Waals surface area contributed by atoms with Gasteiger partial charge in [-0.3, -0.25) is 4.79 Å². The zero-order chi connectivity index (χ0) is 13.5. The summed E-state index contributed by atoms with van der Waals surface area (Å²) in [6, 6.07) is 0. The predicted molar refractivity (Wildman–Crippen MR) is 63.8 cm³/mol. The molecule has 0 radical (unpaired) electrons. The van der Waals surface area contributed by atoms with Gasteiger partial charge in [-0.25, -0.2) is 14.5 Å². The van der Waals surface area contributed by atoms with E-state index in [1.165, 1.54) is 18.1 Å². The fourth-order valence-electron chi connectivity index (χ4n) is 1.26. The van der Waals surface area contributed by atoms with Gasteiger partial charge in [0.05, 0.1) is 7.11 Å². The van der Waals surface area contributed by atoms with Crippen LogP contribution in [0.4, 0.5) is 0 Å². The molecule has 7 heteroatoms. The smallest absolute Gasteiger partial charge is 0.377 e. The van der Waals surface area contributed by atoms with Crippen LogP contribution in [0, 0.1) is 5.92 Å². The van der Waals surface area contributed by atoms with E-state index in [1.807, 2.05) is 0 Å². The molecule has 18 heavy (non-hydrogen) atoms. The molecule has 0 spiro atoms. The van der Waals surface area contributed by atoms with Crippen LogP contribution in [0.5, 0.6) is 0 Å². The third-order valence-electron chi connectivity index (χ3n) is 2.25. The Morgan fingerprint density at radius 3 is 2.83 bits per heavy atom. The second-order valence-electron chi connectivity index (χ2n) is 4.29. The Hall–Kier alpha value is -1.92. The molecule has 0 saturated carbocycles. The lowest BCUT2D eigenvalue weighted by atomic mass is 10.1. The van der Waals surface area contributed by atoms with E-state index in [9.17, 15) is 9.59 Å². The quantitative estimate of drug-likeness (QED) is 0.734. The lowest BCUT2D eigenvalue weighted by Crippen LogP contribution is -2.29. The van der Waals surface area contributed by atoms with E-state index in [-0.39, 0.29) is 18.3 Å². The van der Waals surface area contributed by atoms with Crippen LogP contribution in [0.3, 0.4) is 0 Å². The Balaban J connectivity index is 2.40. The number of hydrogen-bond acceptors (Lipinski definition) is 5. The highest BCUT2D eigenvalue weighted by atomic mass is 16.5. The van der Waals surface area contributed by atoms with Crippen LogP contribution in [-0.2, 0) is 16.1 Å². The van der Waals surface area contributed by atoms with Gasteiger partial charge in [0.2, 0.25) is 5.91 Å². The summed E-state index contributed by atoms with van der Waals surface area (Å²) in [7, 11) is 1.25. The van der Waals surface area contributed by atoms with Crippen LogP contribution < -0.4 is 5.32 Å². The average Bonchev–Trinajstić information content (AvgIpc) is 2.76. The van der Waals surface area contributed by atoms with Crippen molar-refractivity contribution >= 4 is 11.9 Å². The number of amides is 1. The van der Waals surface area contributed by atoms with Gasteiger partial charge in [0, 0.05) is 6.54 Å². The molecule has 1 heterocycles. The molecule has 7 nitrogen and oxygen atoms in total. The molecule has 1 amide bonds. The van der Waals surface area contributed by atoms with Crippen molar-refractivity contribution in [1.29, 1.82) is 0 Å². The van der Waals surface area contributed by atoms with Gasteiger partial charge in [0.1, 0.15) is 12.9 Å². The van der Waals surface area contributed by atoms with Crippen molar-refractivity contribution < 1.29 is 14.3 Å². The summed E-state index contributed by atoms with van der Waals surface area (Å²) in [5, 5.41) is 6.61. The molecule has 0 bridgehead atoms. The molecule has 0 unspecified atom stereocenters. The van der Waals surface area contributed by atoms with E-state index in [0.29, 0.717) is 12.5 Å². The van der Waals surface area contributed by atoms with Gasteiger partial charge < -0.3 is 10.1 Å². The predicted octanol–water partition coefficient (Wildman–Crippen LogP) is 0.227. The summed E-state index contributed by atoms with van der Waals surface area (Å²) in [5.74, 6) is -0.277. The maximum Gasteiger partial charge on any atom is 0.377 e. The van der Waals surface area contributed by atoms with Crippen molar-refractivity contribution in [3.05, 3.63) is 12.2 Å². The first-order valence-corrected chi connectivity index (χ1v) is 5.77. The fraction of sp³-hybridized carbons (Fsp3) is 0.636. The Labute approximate surface area is 106 Å². The Morgan fingerprint density at radius 1 is 1.50 bits per heavy atom. The van der Waals surface area contributed by atoms with Crippen LogP contribution in [0.1, 0.15) is 30.9 Å². The first-order valence-electron chi connectivity index (χ1n) is 5.77. The number of nitrogens with one attached hydrogen (secondary N) is 1. The van der Waals surface area contributed by atoms with Gasteiger partial charge in [-0.2, -0.15) is 0 Å². The lowest BCUT2D eigenvalue weighted by Gasteiger charge is -2.06. The molecular formula is C11H18N4O3. The number of nitrogens with zero attached hydrogens (tertiary/aromatic N) is 3. The fourth-order valence-corrected chi connectivity index (χ4v) is 1.26. The normalized spacial score (nSPS) is 10.4. The standard InChI is InChI=1S/C11H18N4O3/c1-8(2)4-5-12-9(16)6-15-7-13-10(14-15)11(17)18-3/h7-8H,4-6H2,1-3H3,(H,12,16). The van der Waals surface area contributed by atoms with Crippen molar-refractivity contribution in [2.75, 3.05) is 13.7 Å². The largest absolute Gasteiger partial charge is 0.463 e. The third-order valence-corrected chi connectivity index (χ3v) is 2.25. The molecule has 0 atom stereocenters. The first kappa shape index (κ1) is 14.1. The highest BCUT2D eigenvalue weighted by molar-refractivity contribution is 5.84. The number of methoxy groups -OCH3 is 1. The van der Waals surface area contributed by atoms with Crippen LogP contribution in [0.15, 0.2) is 6.33 Å². The molecule has 0 saturated heterocycles. The molecular weight excluding hydrogens is 236 g/mol. The summed E-state index contributed by atoms with van der Waals surface area (Å²) in [4.78, 5) is 26.4. The SMILES string of the molecule is COC(=O)c1ncn(CC(=O)NCCC(C)C)n1. The highest BCUT2D eigenvalue weighted by Gasteiger charge is 2.12. The molecule has 100 valence electrons. The minimum Gasteiger partial charge on any atom is -0.463 e. The van der Waals surface area contributed by atoms with E-state index in [2.05, 4.69) is 34.0 Å². The molecule has 0 fully saturated rings. The average molecular weight is 254 g/mol. The maximum absolute atomic E-state index is 11.5. The van der Waals surface area contributed by atoms with E-state index in [4.69, 9.17) is 0 Å². The molecule has 1 aromatic rings. The highest BCUT2D eigenvalue weighted by Crippen LogP contribution is 1.96. The number of carbonyl (C=O) groups excluding carboxylic acids is 2. The van der Waals surface area contributed by atoms with Crippen LogP contribution in [0.2, 0.25) is 0 Å². The molecule has 1 N–H and O–H groups in total. The zero-order valence-corrected chi connectivity index (χ0v) is 10.8. The number of esters is 1. The van der Waals surface area contributed by atoms with Gasteiger partial charge in [-0.1, -0.05) is 13.8 Å². The van der Waals surface area contributed by atoms with Gasteiger partial charge >= 0.3 is 5.97 Å². The van der Waals surface area contributed by atoms with Crippen LogP contribution in [-0.4, -0.2) is 40.3 Å². The second kappa shape index (κ2) is 6.73. The van der Waals surface area contributed by atoms with Crippen molar-refractivity contribution in [3.63, 3.8) is 0 Å². The summed E-state index contributed by atoms with van der Waals surface area (Å²) in [6.45, 7) is 4.86. The van der Waals surface area contributed by atoms with Gasteiger partial charge in [0.15, 0.2) is 0 Å². The Kier molecular flexibility index (Phi) is 5.29. The van der Waals surface area contributed by atoms with Gasteiger partial charge in [-0.15, -0.1) is 5.10 Å². The maximum atomic E-state index is 11.5. The van der Waals surface area contributed by atoms with Gasteiger partial charge in [0.25, 0.3) is 5.82 Å². The first-order chi connectivity index (χ1) is 8.52. The van der Waals surface area contributed by atoms with E-state index >= 15 is 0 Å². The zero-order valence-electron chi connectivity index (χ0n) is 10.8. The molecule has 0 aliphatic carbocycles. The number of hydrogen-bond donors (Lipinski definition) is 1. The molecule has 0 aromatic carbocycles. The van der Waals surface area contributed by atoms with Gasteiger partial charge in [-0.05, 0) is 12.3 Å². The van der Waals surface area contributed by atoms with Crippen molar-refractivity contribution in [1.82, 2.24) is 20.1 Å². The van der Waals surface area contributed by atoms with Crippen molar-refractivity contribution in [2.45, 2.75) is 26.8 Å². The van der Waals surface area contributed by atoms with Crippen LogP contribution in [0.25, 0.3) is 0 Å². The molecule has 0 aliphatic rings. The molecule has 0 aliphatic heterocycles. The third kappa shape index (κ3) is 4.52. The summed E-state index contributed by atoms with van der Waals surface area (Å²) in [5.41, 5.74) is 0. The van der Waals surface area contributed by atoms with E-state index in [0.717, 1.165) is 6.42 Å². The Morgan fingerprint density at radius 2 is 2.22 bits per heavy atom.